The van der Waals surface area contributed by atoms with E-state index in [9.17, 15) is 9.90 Å². The predicted molar refractivity (Wildman–Crippen MR) is 117 cm³/mol. The predicted octanol–water partition coefficient (Wildman–Crippen LogP) is 6.00. The van der Waals surface area contributed by atoms with Crippen LogP contribution in [0.3, 0.4) is 0 Å². The number of rotatable bonds is 8. The number of nitrogens with one attached hydrogen (secondary N) is 1. The van der Waals surface area contributed by atoms with Crippen molar-refractivity contribution in [3.05, 3.63) is 86.8 Å². The third-order valence-corrected chi connectivity index (χ3v) is 5.13. The molecule has 150 valence electrons. The molecule has 0 saturated carbocycles. The van der Waals surface area contributed by atoms with Gasteiger partial charge in [-0.25, -0.2) is 4.79 Å². The zero-order chi connectivity index (χ0) is 20.8. The highest BCUT2D eigenvalue weighted by Crippen LogP contribution is 2.37. The minimum absolute atomic E-state index is 0.0556. The van der Waals surface area contributed by atoms with E-state index in [2.05, 4.69) is 21.2 Å². The largest absolute Gasteiger partial charge is 0.493 e. The summed E-state index contributed by atoms with van der Waals surface area (Å²) < 4.78 is 12.2. The maximum Gasteiger partial charge on any atom is 0.337 e. The van der Waals surface area contributed by atoms with E-state index in [4.69, 9.17) is 21.1 Å². The quantitative estimate of drug-likeness (QED) is 0.417. The van der Waals surface area contributed by atoms with Gasteiger partial charge in [0.15, 0.2) is 11.5 Å². The number of carboxylic acids is 1. The second kappa shape index (κ2) is 9.67. The first kappa shape index (κ1) is 21.0. The van der Waals surface area contributed by atoms with E-state index in [0.717, 1.165) is 15.6 Å². The van der Waals surface area contributed by atoms with Gasteiger partial charge in [0.05, 0.1) is 22.2 Å². The molecule has 5 nitrogen and oxygen atoms in total. The van der Waals surface area contributed by atoms with Crippen LogP contribution in [0.25, 0.3) is 0 Å². The first-order chi connectivity index (χ1) is 14.0. The number of carboxylic acid groups (broad SMARTS) is 1. The van der Waals surface area contributed by atoms with E-state index in [0.29, 0.717) is 30.3 Å². The van der Waals surface area contributed by atoms with Crippen LogP contribution in [-0.4, -0.2) is 18.2 Å². The van der Waals surface area contributed by atoms with Gasteiger partial charge < -0.3 is 19.9 Å². The first-order valence-electron chi connectivity index (χ1n) is 8.77. The molecule has 3 rings (SSSR count). The molecule has 7 heteroatoms. The highest BCUT2D eigenvalue weighted by atomic mass is 79.9. The standard InChI is InChI=1S/C22H19BrClNO4/c1-28-20-10-15(12-25-16-7-8-19(24)17(11-16)22(26)27)9-18(23)21(20)29-13-14-5-3-2-4-6-14/h2-11,25H,12-13H2,1H3,(H,26,27). The Kier molecular flexibility index (Phi) is 7.01. The zero-order valence-electron chi connectivity index (χ0n) is 15.6. The number of ether oxygens (including phenoxy) is 2. The molecule has 0 aromatic heterocycles. The minimum Gasteiger partial charge on any atom is -0.493 e. The molecule has 0 amide bonds. The van der Waals surface area contributed by atoms with E-state index >= 15 is 0 Å². The van der Waals surface area contributed by atoms with Crippen LogP contribution in [0.2, 0.25) is 5.02 Å². The van der Waals surface area contributed by atoms with Gasteiger partial charge in [0.25, 0.3) is 0 Å². The van der Waals surface area contributed by atoms with Crippen LogP contribution >= 0.6 is 27.5 Å². The summed E-state index contributed by atoms with van der Waals surface area (Å²) in [5.74, 6) is 0.164. The Labute approximate surface area is 182 Å². The first-order valence-corrected chi connectivity index (χ1v) is 9.95. The lowest BCUT2D eigenvalue weighted by molar-refractivity contribution is 0.0697. The lowest BCUT2D eigenvalue weighted by atomic mass is 10.1. The Morgan fingerprint density at radius 2 is 1.86 bits per heavy atom. The van der Waals surface area contributed by atoms with E-state index in [1.54, 1.807) is 19.2 Å². The number of aromatic carboxylic acids is 1. The monoisotopic (exact) mass is 475 g/mol. The number of anilines is 1. The molecule has 0 fully saturated rings. The summed E-state index contributed by atoms with van der Waals surface area (Å²) in [6.45, 7) is 0.894. The maximum atomic E-state index is 11.2. The van der Waals surface area contributed by atoms with Gasteiger partial charge in [-0.05, 0) is 57.4 Å². The number of hydrogen-bond donors (Lipinski definition) is 2. The molecule has 0 unspecified atom stereocenters. The summed E-state index contributed by atoms with van der Waals surface area (Å²) in [6.07, 6.45) is 0. The average molecular weight is 477 g/mol. The molecule has 3 aromatic carbocycles. The molecule has 0 aliphatic rings. The van der Waals surface area contributed by atoms with Crippen molar-refractivity contribution in [2.24, 2.45) is 0 Å². The van der Waals surface area contributed by atoms with Crippen LogP contribution < -0.4 is 14.8 Å². The van der Waals surface area contributed by atoms with Crippen LogP contribution in [-0.2, 0) is 13.2 Å². The Morgan fingerprint density at radius 3 is 2.55 bits per heavy atom. The van der Waals surface area contributed by atoms with Crippen molar-refractivity contribution in [1.29, 1.82) is 0 Å². The number of benzene rings is 3. The van der Waals surface area contributed by atoms with Gasteiger partial charge in [-0.2, -0.15) is 0 Å². The molecule has 0 spiro atoms. The van der Waals surface area contributed by atoms with Gasteiger partial charge in [-0.3, -0.25) is 0 Å². The average Bonchev–Trinajstić information content (AvgIpc) is 2.72. The lowest BCUT2D eigenvalue weighted by Gasteiger charge is -2.15. The van der Waals surface area contributed by atoms with Crippen LogP contribution in [0.4, 0.5) is 5.69 Å². The van der Waals surface area contributed by atoms with Crippen molar-refractivity contribution in [3.63, 3.8) is 0 Å². The topological polar surface area (TPSA) is 67.8 Å². The molecule has 0 aliphatic heterocycles. The van der Waals surface area contributed by atoms with Crippen LogP contribution in [0, 0.1) is 0 Å². The van der Waals surface area contributed by atoms with Crippen LogP contribution in [0.15, 0.2) is 65.1 Å². The fourth-order valence-corrected chi connectivity index (χ4v) is 3.55. The van der Waals surface area contributed by atoms with Gasteiger partial charge in [0.1, 0.15) is 6.61 Å². The number of halogens is 2. The molecule has 0 bridgehead atoms. The second-order valence-electron chi connectivity index (χ2n) is 6.24. The normalized spacial score (nSPS) is 10.4. The molecule has 0 saturated heterocycles. The fourth-order valence-electron chi connectivity index (χ4n) is 2.75. The molecule has 29 heavy (non-hydrogen) atoms. The smallest absolute Gasteiger partial charge is 0.337 e. The third kappa shape index (κ3) is 5.43. The minimum atomic E-state index is -1.07. The van der Waals surface area contributed by atoms with E-state index in [1.165, 1.54) is 6.07 Å². The molecule has 0 heterocycles. The van der Waals surface area contributed by atoms with Crippen molar-refractivity contribution < 1.29 is 19.4 Å². The molecule has 0 aliphatic carbocycles. The zero-order valence-corrected chi connectivity index (χ0v) is 18.0. The molecular weight excluding hydrogens is 458 g/mol. The highest BCUT2D eigenvalue weighted by molar-refractivity contribution is 9.10. The summed E-state index contributed by atoms with van der Waals surface area (Å²) in [7, 11) is 1.59. The fraction of sp³-hybridized carbons (Fsp3) is 0.136. The van der Waals surface area contributed by atoms with Crippen molar-refractivity contribution in [3.8, 4) is 11.5 Å². The van der Waals surface area contributed by atoms with E-state index in [-0.39, 0.29) is 10.6 Å². The van der Waals surface area contributed by atoms with Gasteiger partial charge in [-0.15, -0.1) is 0 Å². The van der Waals surface area contributed by atoms with E-state index in [1.807, 2.05) is 42.5 Å². The summed E-state index contributed by atoms with van der Waals surface area (Å²) in [5.41, 5.74) is 2.71. The summed E-state index contributed by atoms with van der Waals surface area (Å²) >= 11 is 9.47. The van der Waals surface area contributed by atoms with Gasteiger partial charge in [-0.1, -0.05) is 41.9 Å². The molecule has 0 atom stereocenters. The Bertz CT molecular complexity index is 1010. The van der Waals surface area contributed by atoms with Crippen LogP contribution in [0.1, 0.15) is 21.5 Å². The summed E-state index contributed by atoms with van der Waals surface area (Å²) in [5, 5.41) is 12.6. The van der Waals surface area contributed by atoms with Gasteiger partial charge in [0.2, 0.25) is 0 Å². The van der Waals surface area contributed by atoms with Gasteiger partial charge >= 0.3 is 5.97 Å². The molecule has 0 radical (unpaired) electrons. The van der Waals surface area contributed by atoms with Crippen molar-refractivity contribution in [1.82, 2.24) is 0 Å². The molecular formula is C22H19BrClNO4. The Morgan fingerprint density at radius 1 is 1.10 bits per heavy atom. The molecule has 3 aromatic rings. The number of methoxy groups -OCH3 is 1. The third-order valence-electron chi connectivity index (χ3n) is 4.21. The number of carbonyl (C=O) groups is 1. The van der Waals surface area contributed by atoms with Crippen LogP contribution in [0.5, 0.6) is 11.5 Å². The Balaban J connectivity index is 1.73. The number of hydrogen-bond acceptors (Lipinski definition) is 4. The van der Waals surface area contributed by atoms with Crippen molar-refractivity contribution in [2.75, 3.05) is 12.4 Å². The highest BCUT2D eigenvalue weighted by Gasteiger charge is 2.13. The summed E-state index contributed by atoms with van der Waals surface area (Å²) in [4.78, 5) is 11.2. The van der Waals surface area contributed by atoms with Crippen molar-refractivity contribution >= 4 is 39.2 Å². The SMILES string of the molecule is COc1cc(CNc2ccc(Cl)c(C(=O)O)c2)cc(Br)c1OCc1ccccc1. The second-order valence-corrected chi connectivity index (χ2v) is 7.50. The van der Waals surface area contributed by atoms with Crippen molar-refractivity contribution in [2.45, 2.75) is 13.2 Å². The Hall–Kier alpha value is -2.70. The van der Waals surface area contributed by atoms with Gasteiger partial charge in [0, 0.05) is 12.2 Å². The summed E-state index contributed by atoms with van der Waals surface area (Å²) in [6, 6.07) is 18.5. The molecule has 2 N–H and O–H groups in total. The maximum absolute atomic E-state index is 11.2. The lowest BCUT2D eigenvalue weighted by Crippen LogP contribution is -2.04. The van der Waals surface area contributed by atoms with E-state index < -0.39 is 5.97 Å².